The molecular weight excluding hydrogens is 298 g/mol. The fourth-order valence-electron chi connectivity index (χ4n) is 1.94. The number of aromatic nitrogens is 2. The first kappa shape index (κ1) is 16.4. The Bertz CT molecular complexity index is 691. The zero-order chi connectivity index (χ0) is 16.8. The fraction of sp³-hybridized carbons (Fsp3) is 0.250. The quantitative estimate of drug-likeness (QED) is 0.877. The highest BCUT2D eigenvalue weighted by atomic mass is 16.5. The minimum Gasteiger partial charge on any atom is -0.481 e. The zero-order valence-corrected chi connectivity index (χ0v) is 12.8. The Labute approximate surface area is 133 Å². The number of rotatable bonds is 6. The Balaban J connectivity index is 2.09. The number of benzene rings is 1. The fourth-order valence-corrected chi connectivity index (χ4v) is 1.94. The van der Waals surface area contributed by atoms with Gasteiger partial charge in [-0.3, -0.25) is 14.6 Å². The van der Waals surface area contributed by atoms with Crippen LogP contribution in [0.15, 0.2) is 42.9 Å². The van der Waals surface area contributed by atoms with E-state index in [9.17, 15) is 9.59 Å². The van der Waals surface area contributed by atoms with E-state index in [0.29, 0.717) is 17.2 Å². The van der Waals surface area contributed by atoms with Crippen LogP contribution in [-0.2, 0) is 4.79 Å². The highest BCUT2D eigenvalue weighted by Gasteiger charge is 2.18. The minimum absolute atomic E-state index is 0.128. The molecule has 0 saturated heterocycles. The molecule has 1 unspecified atom stereocenters. The first-order valence-electron chi connectivity index (χ1n) is 6.99. The van der Waals surface area contributed by atoms with E-state index in [1.54, 1.807) is 38.2 Å². The van der Waals surface area contributed by atoms with Crippen LogP contribution in [0.2, 0.25) is 0 Å². The lowest BCUT2D eigenvalue weighted by Gasteiger charge is -2.19. The summed E-state index contributed by atoms with van der Waals surface area (Å²) in [6.07, 6.45) is 4.51. The van der Waals surface area contributed by atoms with Crippen molar-refractivity contribution in [2.24, 2.45) is 5.92 Å². The smallest absolute Gasteiger partial charge is 0.308 e. The molecule has 23 heavy (non-hydrogen) atoms. The Kier molecular flexibility index (Phi) is 5.24. The molecule has 0 fully saturated rings. The van der Waals surface area contributed by atoms with Crippen molar-refractivity contribution in [1.29, 1.82) is 0 Å². The number of hydrogen-bond acceptors (Lipinski definition) is 5. The average molecular weight is 315 g/mol. The molecule has 0 saturated carbocycles. The van der Waals surface area contributed by atoms with Crippen molar-refractivity contribution in [3.8, 4) is 11.6 Å². The number of amides is 1. The largest absolute Gasteiger partial charge is 0.481 e. The average Bonchev–Trinajstić information content (AvgIpc) is 2.55. The molecule has 0 radical (unpaired) electrons. The number of hydrogen-bond donors (Lipinski definition) is 1. The summed E-state index contributed by atoms with van der Waals surface area (Å²) in [4.78, 5) is 32.5. The molecule has 0 spiro atoms. The Morgan fingerprint density at radius 3 is 2.78 bits per heavy atom. The van der Waals surface area contributed by atoms with E-state index >= 15 is 0 Å². The summed E-state index contributed by atoms with van der Waals surface area (Å²) in [7, 11) is 1.57. The van der Waals surface area contributed by atoms with E-state index in [4.69, 9.17) is 9.84 Å². The summed E-state index contributed by atoms with van der Waals surface area (Å²) in [6, 6.07) is 6.62. The molecule has 0 aliphatic rings. The zero-order valence-electron chi connectivity index (χ0n) is 12.8. The molecule has 0 aliphatic heterocycles. The van der Waals surface area contributed by atoms with Crippen molar-refractivity contribution in [2.45, 2.75) is 6.92 Å². The van der Waals surface area contributed by atoms with Crippen LogP contribution < -0.4 is 4.74 Å². The standard InChI is InChI=1S/C16H17N3O4/c1-11(16(21)22)10-19(2)15(20)12-4-3-5-13(8-12)23-14-9-17-6-7-18-14/h3-9,11H,10H2,1-2H3,(H,21,22). The van der Waals surface area contributed by atoms with Gasteiger partial charge in [0.25, 0.3) is 5.91 Å². The normalized spacial score (nSPS) is 11.6. The van der Waals surface area contributed by atoms with Crippen LogP contribution in [0, 0.1) is 5.92 Å². The highest BCUT2D eigenvalue weighted by Crippen LogP contribution is 2.20. The lowest BCUT2D eigenvalue weighted by atomic mass is 10.1. The minimum atomic E-state index is -0.940. The molecule has 2 aromatic rings. The van der Waals surface area contributed by atoms with Crippen LogP contribution >= 0.6 is 0 Å². The Hall–Kier alpha value is -2.96. The molecule has 1 heterocycles. The third kappa shape index (κ3) is 4.50. The van der Waals surface area contributed by atoms with E-state index in [2.05, 4.69) is 9.97 Å². The molecule has 1 N–H and O–H groups in total. The Morgan fingerprint density at radius 1 is 1.35 bits per heavy atom. The number of carboxylic acids is 1. The molecule has 120 valence electrons. The second-order valence-corrected chi connectivity index (χ2v) is 5.10. The molecule has 0 bridgehead atoms. The van der Waals surface area contributed by atoms with Gasteiger partial charge in [0, 0.05) is 31.5 Å². The van der Waals surface area contributed by atoms with Crippen molar-refractivity contribution in [3.05, 3.63) is 48.4 Å². The summed E-state index contributed by atoms with van der Waals surface area (Å²) < 4.78 is 5.53. The van der Waals surface area contributed by atoms with Crippen molar-refractivity contribution in [3.63, 3.8) is 0 Å². The SMILES string of the molecule is CC(CN(C)C(=O)c1cccc(Oc2cnccn2)c1)C(=O)O. The second-order valence-electron chi connectivity index (χ2n) is 5.10. The van der Waals surface area contributed by atoms with E-state index in [-0.39, 0.29) is 12.5 Å². The maximum atomic E-state index is 12.4. The van der Waals surface area contributed by atoms with Gasteiger partial charge in [0.05, 0.1) is 12.1 Å². The summed E-state index contributed by atoms with van der Waals surface area (Å²) in [6.45, 7) is 1.68. The Morgan fingerprint density at radius 2 is 2.13 bits per heavy atom. The van der Waals surface area contributed by atoms with Crippen LogP contribution in [0.3, 0.4) is 0 Å². The van der Waals surface area contributed by atoms with Gasteiger partial charge in [-0.25, -0.2) is 4.98 Å². The van der Waals surface area contributed by atoms with Crippen LogP contribution in [0.25, 0.3) is 0 Å². The molecule has 0 aliphatic carbocycles. The van der Waals surface area contributed by atoms with Crippen LogP contribution in [0.5, 0.6) is 11.6 Å². The molecule has 1 atom stereocenters. The number of nitrogens with zero attached hydrogens (tertiary/aromatic N) is 3. The number of carboxylic acid groups (broad SMARTS) is 1. The maximum Gasteiger partial charge on any atom is 0.308 e. The van der Waals surface area contributed by atoms with Gasteiger partial charge < -0.3 is 14.7 Å². The maximum absolute atomic E-state index is 12.4. The van der Waals surface area contributed by atoms with E-state index < -0.39 is 11.9 Å². The van der Waals surface area contributed by atoms with E-state index in [0.717, 1.165) is 0 Å². The molecule has 1 amide bonds. The van der Waals surface area contributed by atoms with Gasteiger partial charge in [0.15, 0.2) is 0 Å². The summed E-state index contributed by atoms with van der Waals surface area (Å²) in [5.74, 6) is -1.07. The van der Waals surface area contributed by atoms with Gasteiger partial charge in [-0.05, 0) is 18.2 Å². The van der Waals surface area contributed by atoms with Crippen molar-refractivity contribution >= 4 is 11.9 Å². The van der Waals surface area contributed by atoms with Crippen LogP contribution in [0.4, 0.5) is 0 Å². The second kappa shape index (κ2) is 7.35. The first-order valence-corrected chi connectivity index (χ1v) is 6.99. The van der Waals surface area contributed by atoms with Gasteiger partial charge in [-0.15, -0.1) is 0 Å². The summed E-state index contributed by atoms with van der Waals surface area (Å²) in [5, 5.41) is 8.92. The third-order valence-corrected chi connectivity index (χ3v) is 3.16. The van der Waals surface area contributed by atoms with E-state index in [1.165, 1.54) is 23.5 Å². The predicted molar refractivity (Wildman–Crippen MR) is 82.3 cm³/mol. The molecule has 2 rings (SSSR count). The summed E-state index contributed by atoms with van der Waals surface area (Å²) in [5.41, 5.74) is 0.409. The first-order chi connectivity index (χ1) is 11.0. The monoisotopic (exact) mass is 315 g/mol. The van der Waals surface area contributed by atoms with Crippen LogP contribution in [0.1, 0.15) is 17.3 Å². The molecule has 7 nitrogen and oxygen atoms in total. The van der Waals surface area contributed by atoms with E-state index in [1.807, 2.05) is 0 Å². The van der Waals surface area contributed by atoms with Gasteiger partial charge in [-0.2, -0.15) is 0 Å². The number of carbonyl (C=O) groups is 2. The molecule has 1 aromatic carbocycles. The molecule has 7 heteroatoms. The van der Waals surface area contributed by atoms with Crippen LogP contribution in [-0.4, -0.2) is 45.4 Å². The third-order valence-electron chi connectivity index (χ3n) is 3.16. The van der Waals surface area contributed by atoms with Gasteiger partial charge in [0.2, 0.25) is 5.88 Å². The molecule has 1 aromatic heterocycles. The van der Waals surface area contributed by atoms with Gasteiger partial charge in [-0.1, -0.05) is 13.0 Å². The van der Waals surface area contributed by atoms with Gasteiger partial charge >= 0.3 is 5.97 Å². The van der Waals surface area contributed by atoms with Crippen molar-refractivity contribution < 1.29 is 19.4 Å². The number of carbonyl (C=O) groups excluding carboxylic acids is 1. The van der Waals surface area contributed by atoms with Crippen molar-refractivity contribution in [1.82, 2.24) is 14.9 Å². The lowest BCUT2D eigenvalue weighted by molar-refractivity contribution is -0.141. The predicted octanol–water partition coefficient (Wildman–Crippen LogP) is 2.06. The summed E-state index contributed by atoms with van der Waals surface area (Å²) >= 11 is 0. The molecular formula is C16H17N3O4. The topological polar surface area (TPSA) is 92.6 Å². The van der Waals surface area contributed by atoms with Gasteiger partial charge in [0.1, 0.15) is 5.75 Å². The number of ether oxygens (including phenoxy) is 1. The lowest BCUT2D eigenvalue weighted by Crippen LogP contribution is -2.33. The number of aliphatic carboxylic acids is 1. The highest BCUT2D eigenvalue weighted by molar-refractivity contribution is 5.94. The van der Waals surface area contributed by atoms with Crippen molar-refractivity contribution in [2.75, 3.05) is 13.6 Å².